The summed E-state index contributed by atoms with van der Waals surface area (Å²) in [6, 6.07) is 10.9. The van der Waals surface area contributed by atoms with Gasteiger partial charge in [-0.1, -0.05) is 70.2 Å². The van der Waals surface area contributed by atoms with Crippen molar-refractivity contribution in [1.29, 1.82) is 0 Å². The fraction of sp³-hybridized carbons (Fsp3) is 0.476. The number of aromatic nitrogens is 2. The van der Waals surface area contributed by atoms with Gasteiger partial charge in [0.15, 0.2) is 0 Å². The van der Waals surface area contributed by atoms with Gasteiger partial charge in [-0.05, 0) is 30.4 Å². The van der Waals surface area contributed by atoms with Crippen molar-refractivity contribution in [2.75, 3.05) is 0 Å². The number of unbranched alkanes of at least 4 members (excludes halogenated alkanes) is 3. The average Bonchev–Trinajstić information content (AvgIpc) is 3.02. The monoisotopic (exact) mass is 308 g/mol. The maximum atomic E-state index is 4.60. The lowest BCUT2D eigenvalue weighted by molar-refractivity contribution is 0.521. The first-order chi connectivity index (χ1) is 11.3. The molecule has 2 heteroatoms. The van der Waals surface area contributed by atoms with Crippen molar-refractivity contribution in [3.63, 3.8) is 0 Å². The molecule has 1 aromatic carbocycles. The molecule has 0 bridgehead atoms. The molecule has 3 aromatic rings. The third-order valence-corrected chi connectivity index (χ3v) is 4.89. The van der Waals surface area contributed by atoms with E-state index in [1.807, 2.05) is 6.20 Å². The van der Waals surface area contributed by atoms with Gasteiger partial charge in [-0.3, -0.25) is 0 Å². The molecule has 0 aliphatic heterocycles. The third kappa shape index (κ3) is 3.57. The summed E-state index contributed by atoms with van der Waals surface area (Å²) in [7, 11) is 0. The van der Waals surface area contributed by atoms with Crippen LogP contribution in [0.2, 0.25) is 0 Å². The molecule has 0 saturated carbocycles. The van der Waals surface area contributed by atoms with Crippen LogP contribution in [0.3, 0.4) is 0 Å². The Morgan fingerprint density at radius 1 is 1.00 bits per heavy atom. The summed E-state index contributed by atoms with van der Waals surface area (Å²) < 4.78 is 2.06. The van der Waals surface area contributed by atoms with E-state index >= 15 is 0 Å². The highest BCUT2D eigenvalue weighted by atomic mass is 15.2. The van der Waals surface area contributed by atoms with Gasteiger partial charge in [0.1, 0.15) is 0 Å². The molecule has 0 amide bonds. The number of hydrogen-bond acceptors (Lipinski definition) is 1. The van der Waals surface area contributed by atoms with Crippen LogP contribution < -0.4 is 0 Å². The van der Waals surface area contributed by atoms with Gasteiger partial charge in [0.25, 0.3) is 0 Å². The summed E-state index contributed by atoms with van der Waals surface area (Å²) in [6.07, 6.45) is 13.4. The van der Waals surface area contributed by atoms with Crippen LogP contribution in [0.5, 0.6) is 0 Å². The molecular weight excluding hydrogens is 280 g/mol. The largest absolute Gasteiger partial charge is 0.240 e. The lowest BCUT2D eigenvalue weighted by atomic mass is 9.91. The van der Waals surface area contributed by atoms with Crippen LogP contribution in [-0.2, 0) is 0 Å². The van der Waals surface area contributed by atoms with E-state index in [1.165, 1.54) is 66.8 Å². The van der Waals surface area contributed by atoms with Crippen LogP contribution >= 0.6 is 0 Å². The minimum Gasteiger partial charge on any atom is -0.240 e. The molecule has 0 fully saturated rings. The second-order valence-electron chi connectivity index (χ2n) is 6.67. The maximum absolute atomic E-state index is 4.60. The van der Waals surface area contributed by atoms with Gasteiger partial charge in [0, 0.05) is 17.0 Å². The van der Waals surface area contributed by atoms with Crippen LogP contribution in [-0.4, -0.2) is 9.61 Å². The third-order valence-electron chi connectivity index (χ3n) is 4.89. The second-order valence-corrected chi connectivity index (χ2v) is 6.67. The molecule has 2 nitrogen and oxygen atoms in total. The number of benzene rings is 1. The summed E-state index contributed by atoms with van der Waals surface area (Å²) in [5, 5.41) is 7.12. The molecule has 0 spiro atoms. The minimum atomic E-state index is 0.678. The van der Waals surface area contributed by atoms with E-state index in [-0.39, 0.29) is 0 Å². The van der Waals surface area contributed by atoms with Crippen molar-refractivity contribution < 1.29 is 0 Å². The van der Waals surface area contributed by atoms with Crippen molar-refractivity contribution in [3.05, 3.63) is 48.3 Å². The molecule has 0 radical (unpaired) electrons. The summed E-state index contributed by atoms with van der Waals surface area (Å²) in [6.45, 7) is 4.57. The molecule has 1 unspecified atom stereocenters. The Morgan fingerprint density at radius 3 is 2.70 bits per heavy atom. The van der Waals surface area contributed by atoms with E-state index in [9.17, 15) is 0 Å². The Morgan fingerprint density at radius 2 is 1.87 bits per heavy atom. The normalized spacial score (nSPS) is 13.0. The van der Waals surface area contributed by atoms with Gasteiger partial charge < -0.3 is 0 Å². The van der Waals surface area contributed by atoms with E-state index in [0.717, 1.165) is 0 Å². The zero-order chi connectivity index (χ0) is 16.1. The van der Waals surface area contributed by atoms with Gasteiger partial charge in [-0.15, -0.1) is 0 Å². The molecule has 23 heavy (non-hydrogen) atoms. The van der Waals surface area contributed by atoms with Crippen LogP contribution in [0.25, 0.3) is 16.3 Å². The number of rotatable bonds is 8. The standard InChI is InChI=1S/C21H28N2/c1-3-5-6-7-11-17(10-4-2)19-14-21-20-13-9-8-12-18(20)15-22-23(21)16-19/h8-9,12-17H,3-7,10-11H2,1-2H3. The SMILES string of the molecule is CCCCCCC(CCC)c1cc2c3ccccc3cnn2c1. The predicted octanol–water partition coefficient (Wildman–Crippen LogP) is 6.34. The zero-order valence-electron chi connectivity index (χ0n) is 14.5. The van der Waals surface area contributed by atoms with Gasteiger partial charge in [0.05, 0.1) is 11.7 Å². The highest BCUT2D eigenvalue weighted by molar-refractivity contribution is 5.95. The van der Waals surface area contributed by atoms with Gasteiger partial charge >= 0.3 is 0 Å². The molecule has 0 saturated heterocycles. The van der Waals surface area contributed by atoms with E-state index in [2.05, 4.69) is 60.0 Å². The van der Waals surface area contributed by atoms with Gasteiger partial charge in [0.2, 0.25) is 0 Å². The summed E-state index contributed by atoms with van der Waals surface area (Å²) in [4.78, 5) is 0. The first-order valence-corrected chi connectivity index (χ1v) is 9.19. The fourth-order valence-electron chi connectivity index (χ4n) is 3.60. The molecule has 2 heterocycles. The Labute approximate surface area is 139 Å². The van der Waals surface area contributed by atoms with E-state index in [4.69, 9.17) is 0 Å². The van der Waals surface area contributed by atoms with Crippen molar-refractivity contribution in [1.82, 2.24) is 9.61 Å². The first-order valence-electron chi connectivity index (χ1n) is 9.19. The van der Waals surface area contributed by atoms with Crippen molar-refractivity contribution in [2.45, 2.75) is 64.7 Å². The molecule has 0 aliphatic rings. The lowest BCUT2D eigenvalue weighted by Crippen LogP contribution is -1.97. The average molecular weight is 308 g/mol. The Bertz CT molecular complexity index is 757. The number of hydrogen-bond donors (Lipinski definition) is 0. The molecule has 3 rings (SSSR count). The highest BCUT2D eigenvalue weighted by Crippen LogP contribution is 2.30. The Balaban J connectivity index is 1.88. The van der Waals surface area contributed by atoms with Crippen molar-refractivity contribution >= 4 is 16.3 Å². The zero-order valence-corrected chi connectivity index (χ0v) is 14.5. The summed E-state index contributed by atoms with van der Waals surface area (Å²) >= 11 is 0. The smallest absolute Gasteiger partial charge is 0.0727 e. The molecule has 122 valence electrons. The maximum Gasteiger partial charge on any atom is 0.0727 e. The van der Waals surface area contributed by atoms with E-state index < -0.39 is 0 Å². The topological polar surface area (TPSA) is 17.3 Å². The molecular formula is C21H28N2. The van der Waals surface area contributed by atoms with E-state index in [0.29, 0.717) is 5.92 Å². The molecule has 2 aromatic heterocycles. The van der Waals surface area contributed by atoms with Crippen molar-refractivity contribution in [2.24, 2.45) is 0 Å². The van der Waals surface area contributed by atoms with Crippen LogP contribution in [0.1, 0.15) is 70.3 Å². The second kappa shape index (κ2) is 7.63. The lowest BCUT2D eigenvalue weighted by Gasteiger charge is -2.14. The summed E-state index contributed by atoms with van der Waals surface area (Å²) in [5.74, 6) is 0.678. The first kappa shape index (κ1) is 16.0. The fourth-order valence-corrected chi connectivity index (χ4v) is 3.60. The van der Waals surface area contributed by atoms with Crippen LogP contribution in [0.15, 0.2) is 42.7 Å². The Hall–Kier alpha value is -1.83. The predicted molar refractivity (Wildman–Crippen MR) is 99.1 cm³/mol. The van der Waals surface area contributed by atoms with Gasteiger partial charge in [-0.2, -0.15) is 5.10 Å². The minimum absolute atomic E-state index is 0.678. The van der Waals surface area contributed by atoms with Crippen molar-refractivity contribution in [3.8, 4) is 0 Å². The summed E-state index contributed by atoms with van der Waals surface area (Å²) in [5.41, 5.74) is 2.71. The highest BCUT2D eigenvalue weighted by Gasteiger charge is 2.14. The molecule has 0 aliphatic carbocycles. The number of fused-ring (bicyclic) bond motifs is 3. The quantitative estimate of drug-likeness (QED) is 0.444. The van der Waals surface area contributed by atoms with E-state index in [1.54, 1.807) is 0 Å². The Kier molecular flexibility index (Phi) is 5.32. The van der Waals surface area contributed by atoms with Crippen LogP contribution in [0.4, 0.5) is 0 Å². The molecule has 1 atom stereocenters. The van der Waals surface area contributed by atoms with Crippen LogP contribution in [0, 0.1) is 0 Å². The number of nitrogens with zero attached hydrogens (tertiary/aromatic N) is 2. The molecule has 0 N–H and O–H groups in total. The van der Waals surface area contributed by atoms with Gasteiger partial charge in [-0.25, -0.2) is 4.52 Å².